The third-order valence-electron chi connectivity index (χ3n) is 8.61. The number of carbonyl (C=O) groups is 1. The van der Waals surface area contributed by atoms with Gasteiger partial charge in [0.2, 0.25) is 0 Å². The number of hydrogen-bond donors (Lipinski definition) is 0. The molecule has 1 saturated heterocycles. The number of carbonyl (C=O) groups excluding carboxylic acids is 1. The molecule has 1 saturated carbocycles. The second kappa shape index (κ2) is 10.4. The molecular formula is C32H29F2N7O. The van der Waals surface area contributed by atoms with E-state index in [2.05, 4.69) is 15.0 Å². The van der Waals surface area contributed by atoms with Gasteiger partial charge in [0.25, 0.3) is 5.91 Å². The maximum absolute atomic E-state index is 15.4. The van der Waals surface area contributed by atoms with Crippen molar-refractivity contribution >= 4 is 17.4 Å². The molecule has 10 heteroatoms. The van der Waals surface area contributed by atoms with E-state index in [1.54, 1.807) is 34.0 Å². The summed E-state index contributed by atoms with van der Waals surface area (Å²) in [4.78, 5) is 25.8. The fraction of sp³-hybridized carbons (Fsp3) is 0.344. The number of likely N-dealkylation sites (tertiary alicyclic amines) is 1. The van der Waals surface area contributed by atoms with E-state index in [1.165, 1.54) is 6.07 Å². The highest BCUT2D eigenvalue weighted by Gasteiger charge is 2.35. The maximum Gasteiger partial charge on any atom is 0.260 e. The van der Waals surface area contributed by atoms with Crippen LogP contribution < -0.4 is 4.90 Å². The van der Waals surface area contributed by atoms with E-state index in [4.69, 9.17) is 11.6 Å². The van der Waals surface area contributed by atoms with Gasteiger partial charge in [0.05, 0.1) is 13.1 Å². The summed E-state index contributed by atoms with van der Waals surface area (Å²) in [6, 6.07) is 12.4. The summed E-state index contributed by atoms with van der Waals surface area (Å²) < 4.78 is 30.7. The summed E-state index contributed by atoms with van der Waals surface area (Å²) in [5.74, 6) is 0.669. The fourth-order valence-electron chi connectivity index (χ4n) is 6.19. The Labute approximate surface area is 242 Å². The van der Waals surface area contributed by atoms with E-state index < -0.39 is 12.5 Å². The third-order valence-corrected chi connectivity index (χ3v) is 8.61. The molecule has 0 radical (unpaired) electrons. The van der Waals surface area contributed by atoms with Crippen molar-refractivity contribution in [3.05, 3.63) is 88.4 Å². The lowest BCUT2D eigenvalue weighted by Gasteiger charge is -2.22. The molecule has 2 aliphatic heterocycles. The number of anilines is 1. The van der Waals surface area contributed by atoms with Crippen LogP contribution in [-0.2, 0) is 20.1 Å². The van der Waals surface area contributed by atoms with Gasteiger partial charge in [0.1, 0.15) is 24.6 Å². The summed E-state index contributed by atoms with van der Waals surface area (Å²) in [5, 5.41) is 8.31. The quantitative estimate of drug-likeness (QED) is 0.249. The van der Waals surface area contributed by atoms with E-state index >= 15 is 4.39 Å². The molecule has 4 aromatic rings. The zero-order valence-electron chi connectivity index (χ0n) is 23.2. The molecule has 7 rings (SSSR count). The van der Waals surface area contributed by atoms with Crippen molar-refractivity contribution < 1.29 is 13.6 Å². The fourth-order valence-corrected chi connectivity index (χ4v) is 6.19. The van der Waals surface area contributed by atoms with Gasteiger partial charge in [-0.1, -0.05) is 12.1 Å². The van der Waals surface area contributed by atoms with Gasteiger partial charge in [0.15, 0.2) is 11.5 Å². The van der Waals surface area contributed by atoms with Crippen molar-refractivity contribution in [3.63, 3.8) is 0 Å². The Morgan fingerprint density at radius 1 is 1.07 bits per heavy atom. The highest BCUT2D eigenvalue weighted by molar-refractivity contribution is 6.10. The van der Waals surface area contributed by atoms with Gasteiger partial charge in [0, 0.05) is 47.9 Å². The van der Waals surface area contributed by atoms with Crippen LogP contribution in [0.5, 0.6) is 0 Å². The monoisotopic (exact) mass is 565 g/mol. The van der Waals surface area contributed by atoms with Crippen LogP contribution in [0.1, 0.15) is 58.8 Å². The first-order valence-electron chi connectivity index (χ1n) is 14.2. The van der Waals surface area contributed by atoms with Crippen molar-refractivity contribution in [2.45, 2.75) is 50.7 Å². The first-order chi connectivity index (χ1) is 20.4. The van der Waals surface area contributed by atoms with Crippen molar-refractivity contribution in [2.75, 3.05) is 18.1 Å². The Hall–Kier alpha value is -4.49. The van der Waals surface area contributed by atoms with E-state index in [1.807, 2.05) is 30.1 Å². The largest absolute Gasteiger partial charge is 0.317 e. The van der Waals surface area contributed by atoms with E-state index in [-0.39, 0.29) is 18.5 Å². The van der Waals surface area contributed by atoms with Crippen molar-refractivity contribution in [1.82, 2.24) is 24.6 Å². The standard InChI is InChI=1S/C32H29F2N7O/c1-35-22-7-8-24(25(14-22)31-38-36-18-39(31)2)21-12-29(20-5-6-20)37-30(13-21)41-17-27-26(32(41)42)10-19(11-28(27)34)16-40-9-3-4-23(40)15-33/h7-8,10-14,18,20,23H,3-6,9,15-17H2,2H3/t23-/m0/s1. The van der Waals surface area contributed by atoms with Gasteiger partial charge in [-0.25, -0.2) is 18.6 Å². The van der Waals surface area contributed by atoms with E-state index in [0.717, 1.165) is 54.6 Å². The zero-order valence-corrected chi connectivity index (χ0v) is 23.2. The maximum atomic E-state index is 15.4. The first kappa shape index (κ1) is 26.4. The number of amides is 1. The van der Waals surface area contributed by atoms with Crippen LogP contribution in [0.4, 0.5) is 20.3 Å². The topological polar surface area (TPSA) is 71.5 Å². The van der Waals surface area contributed by atoms with Crippen LogP contribution in [-0.4, -0.2) is 49.8 Å². The second-order valence-corrected chi connectivity index (χ2v) is 11.4. The summed E-state index contributed by atoms with van der Waals surface area (Å²) in [5.41, 5.74) is 5.17. The smallest absolute Gasteiger partial charge is 0.260 e. The Kier molecular flexibility index (Phi) is 6.54. The molecule has 1 amide bonds. The normalized spacial score (nSPS) is 18.5. The van der Waals surface area contributed by atoms with Crippen molar-refractivity contribution in [3.8, 4) is 22.5 Å². The molecule has 42 heavy (non-hydrogen) atoms. The molecule has 4 heterocycles. The number of aryl methyl sites for hydroxylation is 1. The number of pyridine rings is 1. The number of alkyl halides is 1. The second-order valence-electron chi connectivity index (χ2n) is 11.4. The highest BCUT2D eigenvalue weighted by atomic mass is 19.1. The number of rotatable bonds is 7. The van der Waals surface area contributed by atoms with Crippen LogP contribution in [0.25, 0.3) is 27.4 Å². The Morgan fingerprint density at radius 2 is 1.93 bits per heavy atom. The molecule has 8 nitrogen and oxygen atoms in total. The predicted octanol–water partition coefficient (Wildman–Crippen LogP) is 6.21. The number of nitrogens with zero attached hydrogens (tertiary/aromatic N) is 7. The van der Waals surface area contributed by atoms with Crippen LogP contribution in [0.3, 0.4) is 0 Å². The number of hydrogen-bond acceptors (Lipinski definition) is 5. The van der Waals surface area contributed by atoms with Gasteiger partial charge in [-0.05, 0) is 79.3 Å². The molecule has 1 aliphatic carbocycles. The molecule has 2 aromatic heterocycles. The molecule has 2 fully saturated rings. The highest BCUT2D eigenvalue weighted by Crippen LogP contribution is 2.43. The van der Waals surface area contributed by atoms with Gasteiger partial charge >= 0.3 is 0 Å². The van der Waals surface area contributed by atoms with Crippen LogP contribution in [0.2, 0.25) is 0 Å². The van der Waals surface area contributed by atoms with Gasteiger partial charge in [-0.2, -0.15) is 0 Å². The minimum atomic E-state index is -0.426. The molecule has 0 unspecified atom stereocenters. The summed E-state index contributed by atoms with van der Waals surface area (Å²) in [6.45, 7) is 8.36. The van der Waals surface area contributed by atoms with Crippen LogP contribution in [0.15, 0.2) is 48.8 Å². The number of aromatic nitrogens is 4. The Morgan fingerprint density at radius 3 is 2.67 bits per heavy atom. The lowest BCUT2D eigenvalue weighted by Crippen LogP contribution is -2.30. The lowest BCUT2D eigenvalue weighted by atomic mass is 9.97. The van der Waals surface area contributed by atoms with Gasteiger partial charge < -0.3 is 4.57 Å². The molecule has 0 spiro atoms. The summed E-state index contributed by atoms with van der Waals surface area (Å²) in [6.07, 6.45) is 5.36. The number of halogens is 2. The van der Waals surface area contributed by atoms with E-state index in [0.29, 0.717) is 46.5 Å². The third kappa shape index (κ3) is 4.64. The number of fused-ring (bicyclic) bond motifs is 1. The van der Waals surface area contributed by atoms with Crippen LogP contribution >= 0.6 is 0 Å². The summed E-state index contributed by atoms with van der Waals surface area (Å²) in [7, 11) is 1.85. The van der Waals surface area contributed by atoms with E-state index in [9.17, 15) is 9.18 Å². The summed E-state index contributed by atoms with van der Waals surface area (Å²) >= 11 is 0. The lowest BCUT2D eigenvalue weighted by molar-refractivity contribution is 0.0995. The average molecular weight is 566 g/mol. The van der Waals surface area contributed by atoms with Crippen LogP contribution in [0, 0.1) is 12.4 Å². The molecular weight excluding hydrogens is 536 g/mol. The minimum Gasteiger partial charge on any atom is -0.317 e. The minimum absolute atomic E-state index is 0.0878. The average Bonchev–Trinajstić information content (AvgIpc) is 3.47. The van der Waals surface area contributed by atoms with Gasteiger partial charge in [-0.15, -0.1) is 10.2 Å². The molecule has 212 valence electrons. The van der Waals surface area contributed by atoms with Gasteiger partial charge in [-0.3, -0.25) is 14.6 Å². The SMILES string of the molecule is [C-]#[N+]c1ccc(-c2cc(C3CC3)nc(N3Cc4c(F)cc(CN5CCC[C@H]5CF)cc4C3=O)c2)c(-c2nncn2C)c1. The molecule has 2 aromatic carbocycles. The molecule has 0 bridgehead atoms. The predicted molar refractivity (Wildman–Crippen MR) is 154 cm³/mol. The Bertz CT molecular complexity index is 1760. The molecule has 3 aliphatic rings. The van der Waals surface area contributed by atoms with Crippen molar-refractivity contribution in [1.29, 1.82) is 0 Å². The zero-order chi connectivity index (χ0) is 29.0. The molecule has 1 atom stereocenters. The first-order valence-corrected chi connectivity index (χ1v) is 14.2. The van der Waals surface area contributed by atoms with Crippen molar-refractivity contribution in [2.24, 2.45) is 7.05 Å². The Balaban J connectivity index is 1.27. The number of benzene rings is 2. The molecule has 0 N–H and O–H groups in total.